The summed E-state index contributed by atoms with van der Waals surface area (Å²) >= 11 is 0. The normalized spacial score (nSPS) is 11.1. The summed E-state index contributed by atoms with van der Waals surface area (Å²) < 4.78 is 2.36. The van der Waals surface area contributed by atoms with Gasteiger partial charge in [0.1, 0.15) is 6.54 Å². The zero-order valence-electron chi connectivity index (χ0n) is 17.3. The average Bonchev–Trinajstić information content (AvgIpc) is 2.64. The van der Waals surface area contributed by atoms with Crippen molar-refractivity contribution in [1.82, 2.24) is 0 Å². The van der Waals surface area contributed by atoms with E-state index in [0.717, 1.165) is 0 Å². The Morgan fingerprint density at radius 3 is 1.72 bits per heavy atom. The molecule has 0 bridgehead atoms. The number of aromatic nitrogens is 1. The lowest BCUT2D eigenvalue weighted by molar-refractivity contribution is -0.697. The molecule has 0 aliphatic carbocycles. The lowest BCUT2D eigenvalue weighted by atomic mass is 10.0. The SMILES string of the molecule is CCCCCCCCCCCCCCCc1ccc[n+](CCCC)c1. The molecule has 0 atom stereocenters. The molecule has 0 aliphatic heterocycles. The molecule has 1 nitrogen and oxygen atoms in total. The van der Waals surface area contributed by atoms with E-state index >= 15 is 0 Å². The average molecular weight is 347 g/mol. The van der Waals surface area contributed by atoms with Gasteiger partial charge >= 0.3 is 0 Å². The van der Waals surface area contributed by atoms with Gasteiger partial charge in [0.2, 0.25) is 0 Å². The van der Waals surface area contributed by atoms with Crippen molar-refractivity contribution in [2.45, 2.75) is 123 Å². The molecule has 0 unspecified atom stereocenters. The van der Waals surface area contributed by atoms with Crippen LogP contribution in [0.5, 0.6) is 0 Å². The van der Waals surface area contributed by atoms with Crippen LogP contribution in [-0.2, 0) is 13.0 Å². The van der Waals surface area contributed by atoms with Crippen molar-refractivity contribution in [2.75, 3.05) is 0 Å². The minimum Gasteiger partial charge on any atom is -0.205 e. The lowest BCUT2D eigenvalue weighted by Gasteiger charge is -2.03. The van der Waals surface area contributed by atoms with Crippen molar-refractivity contribution in [1.29, 1.82) is 0 Å². The predicted octanol–water partition coefficient (Wildman–Crippen LogP) is 7.41. The Morgan fingerprint density at radius 2 is 1.16 bits per heavy atom. The van der Waals surface area contributed by atoms with Crippen LogP contribution in [0.2, 0.25) is 0 Å². The zero-order valence-corrected chi connectivity index (χ0v) is 17.3. The van der Waals surface area contributed by atoms with Gasteiger partial charge in [0.15, 0.2) is 12.4 Å². The molecule has 1 aromatic heterocycles. The Hall–Kier alpha value is -0.850. The van der Waals surface area contributed by atoms with Gasteiger partial charge in [-0.1, -0.05) is 97.3 Å². The Morgan fingerprint density at radius 1 is 0.640 bits per heavy atom. The third-order valence-electron chi connectivity index (χ3n) is 5.26. The molecule has 25 heavy (non-hydrogen) atoms. The minimum absolute atomic E-state index is 1.17. The summed E-state index contributed by atoms with van der Waals surface area (Å²) in [6, 6.07) is 4.51. The maximum Gasteiger partial charge on any atom is 0.171 e. The van der Waals surface area contributed by atoms with Gasteiger partial charge in [-0.2, -0.15) is 0 Å². The van der Waals surface area contributed by atoms with Crippen LogP contribution in [0.3, 0.4) is 0 Å². The molecule has 1 aromatic rings. The molecule has 0 N–H and O–H groups in total. The van der Waals surface area contributed by atoms with Crippen LogP contribution in [-0.4, -0.2) is 0 Å². The van der Waals surface area contributed by atoms with E-state index in [0.29, 0.717) is 0 Å². The van der Waals surface area contributed by atoms with E-state index in [1.807, 2.05) is 0 Å². The fourth-order valence-electron chi connectivity index (χ4n) is 3.55. The van der Waals surface area contributed by atoms with Crippen molar-refractivity contribution >= 4 is 0 Å². The first-order valence-corrected chi connectivity index (χ1v) is 11.3. The first-order valence-electron chi connectivity index (χ1n) is 11.3. The fourth-order valence-corrected chi connectivity index (χ4v) is 3.55. The minimum atomic E-state index is 1.17. The van der Waals surface area contributed by atoms with Crippen molar-refractivity contribution in [2.24, 2.45) is 0 Å². The van der Waals surface area contributed by atoms with E-state index < -0.39 is 0 Å². The van der Waals surface area contributed by atoms with Crippen LogP contribution in [0.1, 0.15) is 116 Å². The van der Waals surface area contributed by atoms with Crippen LogP contribution in [0.4, 0.5) is 0 Å². The Balaban J connectivity index is 1.90. The number of unbranched alkanes of at least 4 members (excludes halogenated alkanes) is 13. The van der Waals surface area contributed by atoms with Gasteiger partial charge in [-0.25, -0.2) is 4.57 Å². The second-order valence-corrected chi connectivity index (χ2v) is 7.80. The smallest absolute Gasteiger partial charge is 0.171 e. The summed E-state index contributed by atoms with van der Waals surface area (Å²) in [5.41, 5.74) is 1.52. The molecular weight excluding hydrogens is 302 g/mol. The molecule has 0 aromatic carbocycles. The third kappa shape index (κ3) is 13.1. The molecule has 0 aliphatic rings. The molecule has 144 valence electrons. The number of rotatable bonds is 17. The quantitative estimate of drug-likeness (QED) is 0.204. The molecule has 1 heteroatoms. The highest BCUT2D eigenvalue weighted by Gasteiger charge is 2.02. The van der Waals surface area contributed by atoms with Crippen molar-refractivity contribution in [3.05, 3.63) is 30.1 Å². The highest BCUT2D eigenvalue weighted by molar-refractivity contribution is 5.05. The highest BCUT2D eigenvalue weighted by atomic mass is 14.9. The van der Waals surface area contributed by atoms with Gasteiger partial charge in [-0.3, -0.25) is 0 Å². The van der Waals surface area contributed by atoms with Crippen LogP contribution < -0.4 is 4.57 Å². The molecule has 0 saturated carbocycles. The van der Waals surface area contributed by atoms with Gasteiger partial charge < -0.3 is 0 Å². The molecular formula is C24H44N+. The van der Waals surface area contributed by atoms with Crippen LogP contribution in [0, 0.1) is 0 Å². The van der Waals surface area contributed by atoms with E-state index in [-0.39, 0.29) is 0 Å². The number of nitrogens with zero attached hydrogens (tertiary/aromatic N) is 1. The van der Waals surface area contributed by atoms with Crippen LogP contribution in [0.15, 0.2) is 24.5 Å². The fraction of sp³-hybridized carbons (Fsp3) is 0.792. The van der Waals surface area contributed by atoms with E-state index in [1.165, 1.54) is 115 Å². The summed E-state index contributed by atoms with van der Waals surface area (Å²) in [6.45, 7) is 5.73. The third-order valence-corrected chi connectivity index (χ3v) is 5.26. The summed E-state index contributed by atoms with van der Waals surface area (Å²) in [6.07, 6.45) is 27.1. The lowest BCUT2D eigenvalue weighted by Crippen LogP contribution is -2.33. The Bertz CT molecular complexity index is 399. The van der Waals surface area contributed by atoms with Crippen LogP contribution >= 0.6 is 0 Å². The van der Waals surface area contributed by atoms with E-state index in [1.54, 1.807) is 0 Å². The van der Waals surface area contributed by atoms with Crippen molar-refractivity contribution in [3.8, 4) is 0 Å². The van der Waals surface area contributed by atoms with E-state index in [4.69, 9.17) is 0 Å². The van der Waals surface area contributed by atoms with E-state index in [2.05, 4.69) is 42.9 Å². The standard InChI is InChI=1S/C24H44N/c1-3-5-7-8-9-10-11-12-13-14-15-16-17-19-24-20-18-22-25(23-24)21-6-4-2/h18,20,22-23H,3-17,19,21H2,1-2H3/q+1. The van der Waals surface area contributed by atoms with Gasteiger partial charge in [-0.15, -0.1) is 0 Å². The zero-order chi connectivity index (χ0) is 18.0. The number of pyridine rings is 1. The first-order chi connectivity index (χ1) is 12.4. The highest BCUT2D eigenvalue weighted by Crippen LogP contribution is 2.13. The number of hydrogen-bond donors (Lipinski definition) is 0. The Kier molecular flexibility index (Phi) is 14.7. The molecule has 1 rings (SSSR count). The topological polar surface area (TPSA) is 3.88 Å². The van der Waals surface area contributed by atoms with Gasteiger partial charge in [0.25, 0.3) is 0 Å². The molecule has 1 heterocycles. The van der Waals surface area contributed by atoms with Gasteiger partial charge in [0.05, 0.1) is 0 Å². The number of hydrogen-bond acceptors (Lipinski definition) is 0. The first kappa shape index (κ1) is 22.2. The maximum atomic E-state index is 2.36. The van der Waals surface area contributed by atoms with Crippen molar-refractivity contribution < 1.29 is 4.57 Å². The molecule has 0 amide bonds. The summed E-state index contributed by atoms with van der Waals surface area (Å²) in [5.74, 6) is 0. The Labute approximate surface area is 158 Å². The summed E-state index contributed by atoms with van der Waals surface area (Å²) in [4.78, 5) is 0. The van der Waals surface area contributed by atoms with Gasteiger partial charge in [0, 0.05) is 18.1 Å². The van der Waals surface area contributed by atoms with Crippen LogP contribution in [0.25, 0.3) is 0 Å². The molecule has 0 fully saturated rings. The second-order valence-electron chi connectivity index (χ2n) is 7.80. The van der Waals surface area contributed by atoms with E-state index in [9.17, 15) is 0 Å². The molecule has 0 saturated heterocycles. The summed E-state index contributed by atoms with van der Waals surface area (Å²) in [5, 5.41) is 0. The monoisotopic (exact) mass is 346 g/mol. The largest absolute Gasteiger partial charge is 0.205 e. The second kappa shape index (κ2) is 16.6. The number of aryl methyl sites for hydroxylation is 2. The molecule has 0 radical (unpaired) electrons. The maximum absolute atomic E-state index is 2.36. The molecule has 0 spiro atoms. The predicted molar refractivity (Wildman–Crippen MR) is 111 cm³/mol. The van der Waals surface area contributed by atoms with Crippen molar-refractivity contribution in [3.63, 3.8) is 0 Å². The van der Waals surface area contributed by atoms with Gasteiger partial charge in [-0.05, 0) is 18.9 Å². The summed E-state index contributed by atoms with van der Waals surface area (Å²) in [7, 11) is 0.